The van der Waals surface area contributed by atoms with Crippen LogP contribution >= 0.6 is 0 Å². The molecule has 0 spiro atoms. The van der Waals surface area contributed by atoms with Gasteiger partial charge in [-0.2, -0.15) is 0 Å². The number of rotatable bonds is 1. The molecule has 1 aliphatic heterocycles. The highest BCUT2D eigenvalue weighted by atomic mass is 16.6. The minimum Gasteiger partial charge on any atom is -0.460 e. The van der Waals surface area contributed by atoms with Crippen LogP contribution in [0.5, 0.6) is 0 Å². The van der Waals surface area contributed by atoms with Crippen molar-refractivity contribution in [3.05, 3.63) is 0 Å². The van der Waals surface area contributed by atoms with Crippen LogP contribution in [0, 0.1) is 56.7 Å². The van der Waals surface area contributed by atoms with E-state index in [0.29, 0.717) is 30.0 Å². The second-order valence-electron chi connectivity index (χ2n) is 15.2. The largest absolute Gasteiger partial charge is 0.460 e. The molecule has 0 aromatic rings. The van der Waals surface area contributed by atoms with Crippen molar-refractivity contribution in [2.75, 3.05) is 6.61 Å². The number of hydrogen-bond donors (Lipinski definition) is 2. The van der Waals surface area contributed by atoms with Crippen LogP contribution in [-0.2, 0) is 14.3 Å². The first-order chi connectivity index (χ1) is 16.2. The molecule has 2 N–H and O–H groups in total. The summed E-state index contributed by atoms with van der Waals surface area (Å²) in [7, 11) is 0. The number of aliphatic hydroxyl groups excluding tert-OH is 1. The van der Waals surface area contributed by atoms with E-state index in [2.05, 4.69) is 41.5 Å². The molecule has 0 bridgehead atoms. The first kappa shape index (κ1) is 24.4. The van der Waals surface area contributed by atoms with Crippen LogP contribution in [0.15, 0.2) is 0 Å². The Morgan fingerprint density at radius 1 is 0.857 bits per heavy atom. The number of esters is 1. The Bertz CT molecular complexity index is 974. The quantitative estimate of drug-likeness (QED) is 0.514. The first-order valence-electron chi connectivity index (χ1n) is 14.3. The highest BCUT2D eigenvalue weighted by molar-refractivity contribution is 5.85. The predicted molar refractivity (Wildman–Crippen MR) is 132 cm³/mol. The van der Waals surface area contributed by atoms with Crippen LogP contribution in [0.4, 0.5) is 0 Å². The summed E-state index contributed by atoms with van der Waals surface area (Å²) in [6.45, 7) is 13.8. The average molecular weight is 487 g/mol. The normalized spacial score (nSPS) is 58.5. The first-order valence-corrected chi connectivity index (χ1v) is 14.3. The molecule has 6 fully saturated rings. The highest BCUT2D eigenvalue weighted by Crippen LogP contribution is 2.77. The molecule has 5 heteroatoms. The maximum atomic E-state index is 12.9. The second kappa shape index (κ2) is 6.92. The number of carbonyl (C=O) groups is 2. The van der Waals surface area contributed by atoms with E-state index >= 15 is 0 Å². The molecule has 5 nitrogen and oxygen atoms in total. The van der Waals surface area contributed by atoms with E-state index in [1.165, 1.54) is 6.42 Å². The molecule has 0 aromatic carbocycles. The Morgan fingerprint density at radius 2 is 1.57 bits per heavy atom. The molecule has 6 aliphatic rings. The van der Waals surface area contributed by atoms with Crippen LogP contribution in [0.1, 0.15) is 99.3 Å². The molecule has 0 aromatic heterocycles. The standard InChI is InChI=1S/C30H46O5/c1-25(2)19-9-12-29(6)20(27(19,4)11-10-21(25)32)8-7-17-22-23-18(35-24(33)30(23,34)16-31)15-26(22,3)13-14-28(17,29)5/h17-20,22-23,31,34H,7-16H2,1-6H3/t17-,18+,19+,20+,22-,23+,26-,27-,28+,29+,30+/m0/s1. The summed E-state index contributed by atoms with van der Waals surface area (Å²) in [6.07, 6.45) is 9.03. The minimum absolute atomic E-state index is 0.0346. The van der Waals surface area contributed by atoms with Gasteiger partial charge in [0.2, 0.25) is 0 Å². The van der Waals surface area contributed by atoms with E-state index in [9.17, 15) is 19.8 Å². The van der Waals surface area contributed by atoms with Crippen molar-refractivity contribution in [3.8, 4) is 0 Å². The summed E-state index contributed by atoms with van der Waals surface area (Å²) >= 11 is 0. The summed E-state index contributed by atoms with van der Waals surface area (Å²) < 4.78 is 5.73. The molecule has 0 amide bonds. The number of carbonyl (C=O) groups excluding carboxylic acids is 2. The molecule has 0 unspecified atom stereocenters. The molecule has 35 heavy (non-hydrogen) atoms. The third-order valence-corrected chi connectivity index (χ3v) is 14.0. The van der Waals surface area contributed by atoms with Crippen LogP contribution in [-0.4, -0.2) is 40.3 Å². The molecular weight excluding hydrogens is 440 g/mol. The zero-order valence-electron chi connectivity index (χ0n) is 22.7. The molecule has 6 rings (SSSR count). The summed E-state index contributed by atoms with van der Waals surface area (Å²) in [5, 5.41) is 21.6. The van der Waals surface area contributed by atoms with E-state index in [1.807, 2.05) is 0 Å². The van der Waals surface area contributed by atoms with Gasteiger partial charge in [-0.05, 0) is 96.7 Å². The minimum atomic E-state index is -1.76. The van der Waals surface area contributed by atoms with Crippen molar-refractivity contribution in [2.24, 2.45) is 56.7 Å². The third-order valence-electron chi connectivity index (χ3n) is 14.0. The summed E-state index contributed by atoms with van der Waals surface area (Å²) in [6, 6.07) is 0. The SMILES string of the molecule is CC1(C)C(=O)CC[C@@]2(C)[C@@H]1CC[C@]1(C)[C@@H]2CC[C@H]2[C@H]3[C@H]4[C@@H](C[C@]3(C)CC[C@]21C)OC(=O)[C@@]4(O)CO. The van der Waals surface area contributed by atoms with Crippen LogP contribution < -0.4 is 0 Å². The van der Waals surface area contributed by atoms with Gasteiger partial charge in [0.25, 0.3) is 0 Å². The Hall–Kier alpha value is -0.940. The summed E-state index contributed by atoms with van der Waals surface area (Å²) in [4.78, 5) is 25.6. The monoisotopic (exact) mass is 486 g/mol. The molecular formula is C30H46O5. The lowest BCUT2D eigenvalue weighted by Gasteiger charge is -2.72. The third kappa shape index (κ3) is 2.63. The average Bonchev–Trinajstić information content (AvgIpc) is 3.21. The number of ketones is 1. The lowest BCUT2D eigenvalue weighted by molar-refractivity contribution is -0.238. The van der Waals surface area contributed by atoms with Crippen LogP contribution in [0.3, 0.4) is 0 Å². The molecule has 5 saturated carbocycles. The van der Waals surface area contributed by atoms with Gasteiger partial charge in [0.05, 0.1) is 6.61 Å². The topological polar surface area (TPSA) is 83.8 Å². The maximum Gasteiger partial charge on any atom is 0.341 e. The highest BCUT2D eigenvalue weighted by Gasteiger charge is 2.75. The zero-order valence-corrected chi connectivity index (χ0v) is 22.7. The van der Waals surface area contributed by atoms with Crippen LogP contribution in [0.2, 0.25) is 0 Å². The Balaban J connectivity index is 1.41. The van der Waals surface area contributed by atoms with Gasteiger partial charge in [0.1, 0.15) is 11.9 Å². The van der Waals surface area contributed by atoms with Gasteiger partial charge in [-0.25, -0.2) is 4.79 Å². The van der Waals surface area contributed by atoms with Gasteiger partial charge in [-0.3, -0.25) is 4.79 Å². The van der Waals surface area contributed by atoms with Crippen molar-refractivity contribution in [1.82, 2.24) is 0 Å². The van der Waals surface area contributed by atoms with E-state index in [1.54, 1.807) is 0 Å². The van der Waals surface area contributed by atoms with Crippen molar-refractivity contribution in [1.29, 1.82) is 0 Å². The van der Waals surface area contributed by atoms with Gasteiger partial charge in [-0.15, -0.1) is 0 Å². The molecule has 5 aliphatic carbocycles. The number of aliphatic hydroxyl groups is 2. The maximum absolute atomic E-state index is 12.9. The molecule has 1 saturated heterocycles. The Kier molecular flexibility index (Phi) is 4.83. The van der Waals surface area contributed by atoms with Gasteiger partial charge in [0, 0.05) is 17.8 Å². The Labute approximate surface area is 210 Å². The number of ether oxygens (including phenoxy) is 1. The summed E-state index contributed by atoms with van der Waals surface area (Å²) in [5.74, 6) is 1.13. The van der Waals surface area contributed by atoms with Crippen molar-refractivity contribution in [3.63, 3.8) is 0 Å². The zero-order chi connectivity index (χ0) is 25.4. The van der Waals surface area contributed by atoms with Gasteiger partial charge in [0.15, 0.2) is 5.60 Å². The molecule has 11 atom stereocenters. The molecule has 0 radical (unpaired) electrons. The lowest BCUT2D eigenvalue weighted by atomic mass is 9.32. The number of hydrogen-bond acceptors (Lipinski definition) is 5. The lowest BCUT2D eigenvalue weighted by Crippen LogP contribution is -2.66. The van der Waals surface area contributed by atoms with Crippen molar-refractivity contribution < 1.29 is 24.5 Å². The molecule has 196 valence electrons. The van der Waals surface area contributed by atoms with E-state index in [4.69, 9.17) is 4.74 Å². The van der Waals surface area contributed by atoms with Crippen molar-refractivity contribution >= 4 is 11.8 Å². The number of fused-ring (bicyclic) bond motifs is 9. The Morgan fingerprint density at radius 3 is 2.26 bits per heavy atom. The second-order valence-corrected chi connectivity index (χ2v) is 15.2. The number of Topliss-reactive ketones (excluding diaryl/α,β-unsaturated/α-hetero) is 1. The van der Waals surface area contributed by atoms with E-state index in [0.717, 1.165) is 44.9 Å². The van der Waals surface area contributed by atoms with Crippen molar-refractivity contribution in [2.45, 2.75) is 111 Å². The summed E-state index contributed by atoms with van der Waals surface area (Å²) in [5.41, 5.74) is -1.52. The van der Waals surface area contributed by atoms with Gasteiger partial charge < -0.3 is 14.9 Å². The van der Waals surface area contributed by atoms with Gasteiger partial charge in [-0.1, -0.05) is 41.5 Å². The van der Waals surface area contributed by atoms with Crippen LogP contribution in [0.25, 0.3) is 0 Å². The molecule has 1 heterocycles. The fraction of sp³-hybridized carbons (Fsp3) is 0.933. The van der Waals surface area contributed by atoms with E-state index < -0.39 is 18.2 Å². The predicted octanol–water partition coefficient (Wildman–Crippen LogP) is 4.92. The smallest absolute Gasteiger partial charge is 0.341 e. The van der Waals surface area contributed by atoms with Gasteiger partial charge >= 0.3 is 5.97 Å². The van der Waals surface area contributed by atoms with E-state index in [-0.39, 0.29) is 45.0 Å². The fourth-order valence-corrected chi connectivity index (χ4v) is 12.0. The fourth-order valence-electron chi connectivity index (χ4n) is 12.0.